The zero-order valence-corrected chi connectivity index (χ0v) is 12.6. The fraction of sp³-hybridized carbons (Fsp3) is 0.562. The van der Waals surface area contributed by atoms with Crippen molar-refractivity contribution < 1.29 is 9.84 Å². The van der Waals surface area contributed by atoms with Gasteiger partial charge < -0.3 is 20.5 Å². The van der Waals surface area contributed by atoms with E-state index < -0.39 is 5.60 Å². The minimum Gasteiger partial charge on any atom is -0.388 e. The van der Waals surface area contributed by atoms with Crippen molar-refractivity contribution in [3.8, 4) is 0 Å². The van der Waals surface area contributed by atoms with E-state index >= 15 is 0 Å². The number of benzene rings is 1. The lowest BCUT2D eigenvalue weighted by molar-refractivity contribution is -0.0594. The minimum atomic E-state index is -0.693. The quantitative estimate of drug-likeness (QED) is 0.565. The Morgan fingerprint density at radius 2 is 1.95 bits per heavy atom. The highest BCUT2D eigenvalue weighted by Gasteiger charge is 2.29. The average molecular weight is 291 g/mol. The summed E-state index contributed by atoms with van der Waals surface area (Å²) in [7, 11) is 0. The van der Waals surface area contributed by atoms with Crippen LogP contribution in [0.25, 0.3) is 0 Å². The molecule has 0 saturated carbocycles. The Kier molecular flexibility index (Phi) is 6.02. The molecule has 21 heavy (non-hydrogen) atoms. The fourth-order valence-electron chi connectivity index (χ4n) is 2.27. The molecule has 1 aromatic carbocycles. The molecule has 3 N–H and O–H groups in total. The van der Waals surface area contributed by atoms with Gasteiger partial charge in [-0.15, -0.1) is 0 Å². The summed E-state index contributed by atoms with van der Waals surface area (Å²) in [5, 5.41) is 16.9. The Morgan fingerprint density at radius 3 is 2.62 bits per heavy atom. The largest absolute Gasteiger partial charge is 0.388 e. The van der Waals surface area contributed by atoms with Crippen LogP contribution in [0.4, 0.5) is 0 Å². The van der Waals surface area contributed by atoms with Crippen molar-refractivity contribution >= 4 is 5.96 Å². The lowest BCUT2D eigenvalue weighted by atomic mass is 9.94. The number of nitrogens with zero attached hydrogens (tertiary/aromatic N) is 1. The Morgan fingerprint density at radius 1 is 1.24 bits per heavy atom. The molecule has 1 aliphatic heterocycles. The third-order valence-electron chi connectivity index (χ3n) is 3.62. The van der Waals surface area contributed by atoms with Crippen LogP contribution in [0, 0.1) is 0 Å². The minimum absolute atomic E-state index is 0.497. The smallest absolute Gasteiger partial charge is 0.191 e. The molecule has 5 nitrogen and oxygen atoms in total. The predicted octanol–water partition coefficient (Wildman–Crippen LogP) is 1.28. The van der Waals surface area contributed by atoms with Crippen LogP contribution in [0.1, 0.15) is 25.3 Å². The van der Waals surface area contributed by atoms with Gasteiger partial charge >= 0.3 is 0 Å². The summed E-state index contributed by atoms with van der Waals surface area (Å²) in [5.74, 6) is 0.737. The number of hydrogen-bond acceptors (Lipinski definition) is 3. The summed E-state index contributed by atoms with van der Waals surface area (Å²) < 4.78 is 5.29. The van der Waals surface area contributed by atoms with Crippen molar-refractivity contribution in [1.29, 1.82) is 0 Å². The molecule has 5 heteroatoms. The molecule has 2 rings (SSSR count). The van der Waals surface area contributed by atoms with E-state index in [9.17, 15) is 5.11 Å². The number of aliphatic imine (C=N–C) groups is 1. The Hall–Kier alpha value is -1.59. The van der Waals surface area contributed by atoms with Crippen LogP contribution in [0.5, 0.6) is 0 Å². The molecule has 1 heterocycles. The SMILES string of the molecule is CCNC(=NCc1ccccc1)NCC1(O)CCOCC1. The second-order valence-electron chi connectivity index (χ2n) is 5.37. The van der Waals surface area contributed by atoms with Crippen LogP contribution in [0.2, 0.25) is 0 Å². The first-order valence-electron chi connectivity index (χ1n) is 7.58. The first-order chi connectivity index (χ1) is 10.2. The number of rotatable bonds is 5. The van der Waals surface area contributed by atoms with E-state index in [0.717, 1.165) is 12.5 Å². The van der Waals surface area contributed by atoms with Crippen LogP contribution in [-0.2, 0) is 11.3 Å². The van der Waals surface area contributed by atoms with Crippen LogP contribution in [0.3, 0.4) is 0 Å². The molecule has 116 valence electrons. The first-order valence-corrected chi connectivity index (χ1v) is 7.58. The van der Waals surface area contributed by atoms with Gasteiger partial charge in [0, 0.05) is 39.1 Å². The van der Waals surface area contributed by atoms with E-state index in [2.05, 4.69) is 27.8 Å². The van der Waals surface area contributed by atoms with Gasteiger partial charge in [0.2, 0.25) is 0 Å². The molecule has 0 aliphatic carbocycles. The highest BCUT2D eigenvalue weighted by atomic mass is 16.5. The average Bonchev–Trinajstić information content (AvgIpc) is 2.52. The molecule has 1 saturated heterocycles. The molecule has 0 spiro atoms. The van der Waals surface area contributed by atoms with Crippen LogP contribution in [-0.4, -0.2) is 43.0 Å². The number of ether oxygens (including phenoxy) is 1. The zero-order valence-electron chi connectivity index (χ0n) is 12.6. The van der Waals surface area contributed by atoms with Gasteiger partial charge in [0.1, 0.15) is 0 Å². The van der Waals surface area contributed by atoms with Gasteiger partial charge in [0.25, 0.3) is 0 Å². The number of hydrogen-bond donors (Lipinski definition) is 3. The number of guanidine groups is 1. The summed E-state index contributed by atoms with van der Waals surface area (Å²) in [5.41, 5.74) is 0.473. The predicted molar refractivity (Wildman–Crippen MR) is 84.3 cm³/mol. The molecule has 0 radical (unpaired) electrons. The topological polar surface area (TPSA) is 65.9 Å². The van der Waals surface area contributed by atoms with Crippen LogP contribution in [0.15, 0.2) is 35.3 Å². The maximum absolute atomic E-state index is 10.4. The molecule has 0 unspecified atom stereocenters. The zero-order chi connectivity index (χ0) is 15.0. The van der Waals surface area contributed by atoms with Crippen LogP contribution < -0.4 is 10.6 Å². The monoisotopic (exact) mass is 291 g/mol. The van der Waals surface area contributed by atoms with Gasteiger partial charge in [-0.1, -0.05) is 30.3 Å². The standard InChI is InChI=1S/C16H25N3O2/c1-2-17-15(18-12-14-6-4-3-5-7-14)19-13-16(20)8-10-21-11-9-16/h3-7,20H,2,8-13H2,1H3,(H2,17,18,19). The molecule has 1 fully saturated rings. The van der Waals surface area contributed by atoms with Gasteiger partial charge in [-0.3, -0.25) is 0 Å². The van der Waals surface area contributed by atoms with Crippen molar-refractivity contribution in [2.45, 2.75) is 31.9 Å². The summed E-state index contributed by atoms with van der Waals surface area (Å²) in [6.45, 7) is 5.19. The van der Waals surface area contributed by atoms with Crippen LogP contribution >= 0.6 is 0 Å². The van der Waals surface area contributed by atoms with Crippen molar-refractivity contribution in [2.24, 2.45) is 4.99 Å². The molecular formula is C16H25N3O2. The summed E-state index contributed by atoms with van der Waals surface area (Å²) in [6, 6.07) is 10.1. The number of aliphatic hydroxyl groups is 1. The van der Waals surface area contributed by atoms with Crippen molar-refractivity contribution in [1.82, 2.24) is 10.6 Å². The van der Waals surface area contributed by atoms with E-state index in [1.165, 1.54) is 5.56 Å². The molecule has 1 aromatic rings. The Balaban J connectivity index is 1.89. The lowest BCUT2D eigenvalue weighted by Gasteiger charge is -2.32. The van der Waals surface area contributed by atoms with E-state index in [1.54, 1.807) is 0 Å². The van der Waals surface area contributed by atoms with Gasteiger partial charge in [0.05, 0.1) is 12.1 Å². The molecule has 0 bridgehead atoms. The second-order valence-corrected chi connectivity index (χ2v) is 5.37. The molecule has 0 aromatic heterocycles. The Bertz CT molecular complexity index is 442. The van der Waals surface area contributed by atoms with E-state index in [1.807, 2.05) is 25.1 Å². The molecular weight excluding hydrogens is 266 g/mol. The van der Waals surface area contributed by atoms with E-state index in [-0.39, 0.29) is 0 Å². The normalized spacial score (nSPS) is 18.3. The third-order valence-corrected chi connectivity index (χ3v) is 3.62. The Labute approximate surface area is 126 Å². The molecule has 0 atom stereocenters. The van der Waals surface area contributed by atoms with E-state index in [4.69, 9.17) is 4.74 Å². The lowest BCUT2D eigenvalue weighted by Crippen LogP contribution is -2.49. The fourth-order valence-corrected chi connectivity index (χ4v) is 2.27. The van der Waals surface area contributed by atoms with Gasteiger partial charge in [0.15, 0.2) is 5.96 Å². The highest BCUT2D eigenvalue weighted by molar-refractivity contribution is 5.79. The molecule has 0 amide bonds. The maximum Gasteiger partial charge on any atom is 0.191 e. The van der Waals surface area contributed by atoms with Crippen molar-refractivity contribution in [2.75, 3.05) is 26.3 Å². The van der Waals surface area contributed by atoms with Crippen molar-refractivity contribution in [3.05, 3.63) is 35.9 Å². The summed E-state index contributed by atoms with van der Waals surface area (Å²) >= 11 is 0. The summed E-state index contributed by atoms with van der Waals surface area (Å²) in [6.07, 6.45) is 1.33. The number of nitrogens with one attached hydrogen (secondary N) is 2. The first kappa shape index (κ1) is 15.8. The van der Waals surface area contributed by atoms with Gasteiger partial charge in [-0.2, -0.15) is 0 Å². The maximum atomic E-state index is 10.4. The highest BCUT2D eigenvalue weighted by Crippen LogP contribution is 2.19. The van der Waals surface area contributed by atoms with Gasteiger partial charge in [-0.05, 0) is 12.5 Å². The van der Waals surface area contributed by atoms with Gasteiger partial charge in [-0.25, -0.2) is 4.99 Å². The van der Waals surface area contributed by atoms with E-state index in [0.29, 0.717) is 39.1 Å². The summed E-state index contributed by atoms with van der Waals surface area (Å²) in [4.78, 5) is 4.55. The molecule has 1 aliphatic rings. The second kappa shape index (κ2) is 8.00. The third kappa shape index (κ3) is 5.36. The van der Waals surface area contributed by atoms with Crippen molar-refractivity contribution in [3.63, 3.8) is 0 Å².